The molecule has 8 heteroatoms. The fourth-order valence-corrected chi connectivity index (χ4v) is 5.22. The van der Waals surface area contributed by atoms with Gasteiger partial charge in [-0.05, 0) is 47.6 Å². The van der Waals surface area contributed by atoms with Crippen LogP contribution in [0.3, 0.4) is 0 Å². The lowest BCUT2D eigenvalue weighted by Gasteiger charge is -2.19. The zero-order valence-electron chi connectivity index (χ0n) is 16.3. The highest BCUT2D eigenvalue weighted by Gasteiger charge is 2.17. The highest BCUT2D eigenvalue weighted by Crippen LogP contribution is 2.25. The van der Waals surface area contributed by atoms with Crippen LogP contribution in [0, 0.1) is 9.77 Å². The molecule has 0 spiro atoms. The molecule has 156 valence electrons. The number of rotatable bonds is 7. The summed E-state index contributed by atoms with van der Waals surface area (Å²) >= 11 is 8.03. The summed E-state index contributed by atoms with van der Waals surface area (Å²) in [5, 5.41) is 7.59. The van der Waals surface area contributed by atoms with E-state index in [0.29, 0.717) is 14.0 Å². The van der Waals surface area contributed by atoms with Gasteiger partial charge in [0.05, 0.1) is 17.5 Å². The van der Waals surface area contributed by atoms with Crippen LogP contribution in [0.1, 0.15) is 17.2 Å². The van der Waals surface area contributed by atoms with Crippen molar-refractivity contribution in [1.82, 2.24) is 15.1 Å². The van der Waals surface area contributed by atoms with Crippen molar-refractivity contribution in [2.24, 2.45) is 0 Å². The van der Waals surface area contributed by atoms with Gasteiger partial charge in [0, 0.05) is 0 Å². The second-order valence-corrected chi connectivity index (χ2v) is 9.48. The van der Waals surface area contributed by atoms with Gasteiger partial charge in [-0.15, -0.1) is 5.10 Å². The van der Waals surface area contributed by atoms with Gasteiger partial charge in [0.15, 0.2) is 8.29 Å². The predicted octanol–water partition coefficient (Wildman–Crippen LogP) is 5.80. The van der Waals surface area contributed by atoms with Crippen molar-refractivity contribution in [3.8, 4) is 5.69 Å². The van der Waals surface area contributed by atoms with Gasteiger partial charge in [-0.25, -0.2) is 9.07 Å². The molecule has 0 bridgehead atoms. The van der Waals surface area contributed by atoms with Crippen molar-refractivity contribution in [1.29, 1.82) is 0 Å². The fraction of sp³-hybridized carbons (Fsp3) is 0.0870. The predicted molar refractivity (Wildman–Crippen MR) is 126 cm³/mol. The van der Waals surface area contributed by atoms with Gasteiger partial charge in [-0.2, -0.15) is 0 Å². The second kappa shape index (κ2) is 10.00. The first-order chi connectivity index (χ1) is 15.1. The molecule has 0 saturated carbocycles. The molecule has 0 fully saturated rings. The molecule has 4 nitrogen and oxygen atoms in total. The topological polar surface area (TPSA) is 46.9 Å². The summed E-state index contributed by atoms with van der Waals surface area (Å²) in [6, 6.07) is 25.5. The van der Waals surface area contributed by atoms with Gasteiger partial charge in [-0.3, -0.25) is 4.79 Å². The molecule has 0 atom stereocenters. The number of thioether (sulfide) groups is 1. The normalized spacial score (nSPS) is 10.9. The molecule has 1 amide bonds. The van der Waals surface area contributed by atoms with Crippen LogP contribution in [0.4, 0.5) is 4.39 Å². The number of carbonyl (C=O) groups excluding carboxylic acids is 1. The average molecular weight is 468 g/mol. The highest BCUT2D eigenvalue weighted by atomic mass is 32.2. The molecule has 4 rings (SSSR count). The van der Waals surface area contributed by atoms with Crippen molar-refractivity contribution < 1.29 is 9.18 Å². The first-order valence-corrected chi connectivity index (χ1v) is 11.7. The number of halogens is 1. The van der Waals surface area contributed by atoms with Gasteiger partial charge in [-0.1, -0.05) is 83.8 Å². The lowest BCUT2D eigenvalue weighted by molar-refractivity contribution is -0.119. The van der Waals surface area contributed by atoms with Crippen LogP contribution >= 0.6 is 35.3 Å². The number of benzene rings is 3. The van der Waals surface area contributed by atoms with Crippen LogP contribution in [0.15, 0.2) is 89.3 Å². The van der Waals surface area contributed by atoms with Gasteiger partial charge in [0.2, 0.25) is 5.91 Å². The number of nitrogens with zero attached hydrogens (tertiary/aromatic N) is 2. The molecule has 1 N–H and O–H groups in total. The van der Waals surface area contributed by atoms with Crippen molar-refractivity contribution in [3.63, 3.8) is 0 Å². The van der Waals surface area contributed by atoms with E-state index in [9.17, 15) is 9.18 Å². The number of amides is 1. The molecule has 0 aliphatic heterocycles. The van der Waals surface area contributed by atoms with Crippen molar-refractivity contribution in [3.05, 3.63) is 106 Å². The molecule has 4 aromatic rings. The van der Waals surface area contributed by atoms with Crippen molar-refractivity contribution >= 4 is 41.2 Å². The Kier molecular flexibility index (Phi) is 6.91. The molecule has 0 aliphatic carbocycles. The second-order valence-electron chi connectivity index (χ2n) is 6.63. The Bertz CT molecular complexity index is 1170. The zero-order valence-corrected chi connectivity index (χ0v) is 18.7. The van der Waals surface area contributed by atoms with Gasteiger partial charge < -0.3 is 5.32 Å². The van der Waals surface area contributed by atoms with Crippen molar-refractivity contribution in [2.45, 2.75) is 10.4 Å². The third-order valence-electron chi connectivity index (χ3n) is 4.50. The molecular weight excluding hydrogens is 449 g/mol. The third kappa shape index (κ3) is 5.46. The monoisotopic (exact) mass is 467 g/mol. The standard InChI is InChI=1S/C23H18FN3OS3/c24-18-11-13-19(14-12-18)27-23(29)31-22(26-27)30-15-20(28)25-21(16-7-3-1-4-8-16)17-9-5-2-6-10-17/h1-14,21H,15H2,(H,25,28). The van der Waals surface area contributed by atoms with Crippen LogP contribution in [0.5, 0.6) is 0 Å². The number of carbonyl (C=O) groups is 1. The summed E-state index contributed by atoms with van der Waals surface area (Å²) in [5.41, 5.74) is 2.72. The zero-order chi connectivity index (χ0) is 21.6. The van der Waals surface area contributed by atoms with Gasteiger partial charge >= 0.3 is 0 Å². The molecule has 31 heavy (non-hydrogen) atoms. The maximum Gasteiger partial charge on any atom is 0.231 e. The fourth-order valence-electron chi connectivity index (χ4n) is 3.04. The molecule has 0 aliphatic rings. The first-order valence-electron chi connectivity index (χ1n) is 9.48. The lowest BCUT2D eigenvalue weighted by Crippen LogP contribution is -2.30. The summed E-state index contributed by atoms with van der Waals surface area (Å²) in [7, 11) is 0. The first kappa shape index (κ1) is 21.4. The van der Waals surface area contributed by atoms with Gasteiger partial charge in [0.1, 0.15) is 5.82 Å². The van der Waals surface area contributed by atoms with Crippen LogP contribution in [0.2, 0.25) is 0 Å². The van der Waals surface area contributed by atoms with Gasteiger partial charge in [0.25, 0.3) is 0 Å². The lowest BCUT2D eigenvalue weighted by atomic mass is 9.99. The van der Waals surface area contributed by atoms with E-state index in [4.69, 9.17) is 12.2 Å². The van der Waals surface area contributed by atoms with E-state index in [1.807, 2.05) is 60.7 Å². The number of nitrogens with one attached hydrogen (secondary N) is 1. The number of hydrogen-bond acceptors (Lipinski definition) is 5. The van der Waals surface area contributed by atoms with E-state index in [1.165, 1.54) is 35.2 Å². The Morgan fingerprint density at radius 3 is 2.16 bits per heavy atom. The Hall–Kier alpha value is -2.81. The Morgan fingerprint density at radius 2 is 1.58 bits per heavy atom. The summed E-state index contributed by atoms with van der Waals surface area (Å²) in [4.78, 5) is 12.7. The van der Waals surface area contributed by atoms with E-state index in [2.05, 4.69) is 10.4 Å². The summed E-state index contributed by atoms with van der Waals surface area (Å²) < 4.78 is 16.0. The smallest absolute Gasteiger partial charge is 0.231 e. The Morgan fingerprint density at radius 1 is 1.00 bits per heavy atom. The maximum atomic E-state index is 13.2. The van der Waals surface area contributed by atoms with E-state index < -0.39 is 0 Å². The van der Waals surface area contributed by atoms with Crippen LogP contribution in [-0.4, -0.2) is 21.4 Å². The minimum absolute atomic E-state index is 0.0999. The third-order valence-corrected chi connectivity index (χ3v) is 6.86. The molecule has 0 saturated heterocycles. The van der Waals surface area contributed by atoms with E-state index >= 15 is 0 Å². The number of aromatic nitrogens is 2. The summed E-state index contributed by atoms with van der Waals surface area (Å²) in [6.45, 7) is 0. The largest absolute Gasteiger partial charge is 0.344 e. The van der Waals surface area contributed by atoms with Crippen LogP contribution < -0.4 is 5.32 Å². The Labute approximate surface area is 192 Å². The van der Waals surface area contributed by atoms with E-state index in [0.717, 1.165) is 11.1 Å². The van der Waals surface area contributed by atoms with Crippen molar-refractivity contribution in [2.75, 3.05) is 5.75 Å². The molecule has 1 aromatic heterocycles. The highest BCUT2D eigenvalue weighted by molar-refractivity contribution is 8.01. The molecule has 1 heterocycles. The van der Waals surface area contributed by atoms with Crippen LogP contribution in [0.25, 0.3) is 5.69 Å². The Balaban J connectivity index is 1.45. The van der Waals surface area contributed by atoms with E-state index in [1.54, 1.807) is 16.8 Å². The van der Waals surface area contributed by atoms with Crippen LogP contribution in [-0.2, 0) is 4.79 Å². The average Bonchev–Trinajstić information content (AvgIpc) is 3.18. The minimum Gasteiger partial charge on any atom is -0.344 e. The summed E-state index contributed by atoms with van der Waals surface area (Å²) in [6.07, 6.45) is 0. The molecular formula is C23H18FN3OS3. The molecule has 0 unspecified atom stereocenters. The van der Waals surface area contributed by atoms with E-state index in [-0.39, 0.29) is 23.5 Å². The maximum absolute atomic E-state index is 13.2. The SMILES string of the molecule is O=C(CSc1nn(-c2ccc(F)cc2)c(=S)s1)NC(c1ccccc1)c1ccccc1. The summed E-state index contributed by atoms with van der Waals surface area (Å²) in [5.74, 6) is -0.206. The molecule has 3 aromatic carbocycles. The molecule has 0 radical (unpaired) electrons. The quantitative estimate of drug-likeness (QED) is 0.276. The number of hydrogen-bond donors (Lipinski definition) is 1. The minimum atomic E-state index is -0.317.